The van der Waals surface area contributed by atoms with Gasteiger partial charge in [-0.3, -0.25) is 0 Å². The van der Waals surface area contributed by atoms with Crippen LogP contribution in [-0.2, 0) is 0 Å². The van der Waals surface area contributed by atoms with Crippen LogP contribution >= 0.6 is 0 Å². The number of hydrogen-bond acceptors (Lipinski definition) is 1. The largest absolute Gasteiger partial charge is 0.332 e. The van der Waals surface area contributed by atoms with Crippen molar-refractivity contribution in [1.82, 2.24) is 9.55 Å². The summed E-state index contributed by atoms with van der Waals surface area (Å²) in [5.74, 6) is 2.03. The van der Waals surface area contributed by atoms with Gasteiger partial charge in [0.1, 0.15) is 5.82 Å². The van der Waals surface area contributed by atoms with Crippen LogP contribution in [0.4, 0.5) is 0 Å². The van der Waals surface area contributed by atoms with Gasteiger partial charge >= 0.3 is 0 Å². The van der Waals surface area contributed by atoms with E-state index in [4.69, 9.17) is 4.98 Å². The lowest BCUT2D eigenvalue weighted by Crippen LogP contribution is -2.13. The molecule has 1 aromatic rings. The molecule has 1 heterocycles. The van der Waals surface area contributed by atoms with E-state index in [0.717, 1.165) is 0 Å². The van der Waals surface area contributed by atoms with Gasteiger partial charge in [0.05, 0.1) is 0 Å². The lowest BCUT2D eigenvalue weighted by atomic mass is 9.93. The monoisotopic (exact) mass is 404 g/mol. The first-order valence-corrected chi connectivity index (χ1v) is 13.3. The molecule has 1 rings (SSSR count). The van der Waals surface area contributed by atoms with Crippen LogP contribution in [0.2, 0.25) is 0 Å². The highest BCUT2D eigenvalue weighted by atomic mass is 15.1. The Labute approximate surface area is 183 Å². The first-order chi connectivity index (χ1) is 14.2. The number of aromatic nitrogens is 2. The molecule has 29 heavy (non-hydrogen) atoms. The van der Waals surface area contributed by atoms with Crippen molar-refractivity contribution < 1.29 is 0 Å². The summed E-state index contributed by atoms with van der Waals surface area (Å²) in [5.41, 5.74) is 0. The molecule has 0 N–H and O–H groups in total. The van der Waals surface area contributed by atoms with E-state index in [1.807, 2.05) is 6.20 Å². The Kier molecular flexibility index (Phi) is 16.3. The summed E-state index contributed by atoms with van der Waals surface area (Å²) in [4.78, 5) is 4.83. The predicted molar refractivity (Wildman–Crippen MR) is 130 cm³/mol. The van der Waals surface area contributed by atoms with E-state index in [2.05, 4.69) is 38.5 Å². The molecule has 0 aliphatic heterocycles. The van der Waals surface area contributed by atoms with Crippen molar-refractivity contribution in [2.45, 2.75) is 155 Å². The second kappa shape index (κ2) is 18.0. The zero-order chi connectivity index (χ0) is 21.2. The summed E-state index contributed by atoms with van der Waals surface area (Å²) in [6.07, 6.45) is 29.1. The van der Waals surface area contributed by atoms with Crippen LogP contribution in [0.25, 0.3) is 0 Å². The van der Waals surface area contributed by atoms with Crippen LogP contribution in [0.5, 0.6) is 0 Å². The molecule has 2 nitrogen and oxygen atoms in total. The van der Waals surface area contributed by atoms with Crippen molar-refractivity contribution >= 4 is 0 Å². The second-order valence-corrected chi connectivity index (χ2v) is 9.35. The highest BCUT2D eigenvalue weighted by Gasteiger charge is 2.19. The minimum atomic E-state index is 0.592. The second-order valence-electron chi connectivity index (χ2n) is 9.35. The minimum absolute atomic E-state index is 0.592. The Bertz CT molecular complexity index is 465. The molecule has 2 heteroatoms. The van der Waals surface area contributed by atoms with Gasteiger partial charge in [-0.05, 0) is 26.2 Å². The van der Waals surface area contributed by atoms with E-state index in [1.54, 1.807) is 0 Å². The Morgan fingerprint density at radius 1 is 0.655 bits per heavy atom. The summed E-state index contributed by atoms with van der Waals surface area (Å²) in [6, 6.07) is 0.592. The average molecular weight is 405 g/mol. The summed E-state index contributed by atoms with van der Waals surface area (Å²) in [6.45, 7) is 9.28. The normalized spacial score (nSPS) is 13.7. The standard InChI is InChI=1S/C27H52N2/c1-5-8-11-12-13-14-15-16-17-18-19-22-26(21-10-7-3)27-28-23-24-29(27)25(4)20-9-6-2/h23-26H,5-22H2,1-4H3. The van der Waals surface area contributed by atoms with Gasteiger partial charge in [0, 0.05) is 24.4 Å². The van der Waals surface area contributed by atoms with Crippen LogP contribution < -0.4 is 0 Å². The van der Waals surface area contributed by atoms with Crippen LogP contribution in [0.1, 0.15) is 161 Å². The molecule has 0 saturated heterocycles. The molecule has 0 aromatic carbocycles. The lowest BCUT2D eigenvalue weighted by Gasteiger charge is -2.22. The van der Waals surface area contributed by atoms with Crippen molar-refractivity contribution in [2.24, 2.45) is 0 Å². The van der Waals surface area contributed by atoms with E-state index in [-0.39, 0.29) is 0 Å². The molecule has 0 fully saturated rings. The van der Waals surface area contributed by atoms with Gasteiger partial charge in [-0.2, -0.15) is 0 Å². The van der Waals surface area contributed by atoms with E-state index in [1.165, 1.54) is 121 Å². The molecular weight excluding hydrogens is 352 g/mol. The van der Waals surface area contributed by atoms with Crippen LogP contribution in [0.3, 0.4) is 0 Å². The van der Waals surface area contributed by atoms with Gasteiger partial charge in [0.25, 0.3) is 0 Å². The molecule has 170 valence electrons. The molecule has 1 aromatic heterocycles. The Hall–Kier alpha value is -0.790. The van der Waals surface area contributed by atoms with Crippen LogP contribution in [0.15, 0.2) is 12.4 Å². The van der Waals surface area contributed by atoms with Crippen molar-refractivity contribution in [1.29, 1.82) is 0 Å². The van der Waals surface area contributed by atoms with Gasteiger partial charge in [-0.15, -0.1) is 0 Å². The van der Waals surface area contributed by atoms with Gasteiger partial charge in [0.2, 0.25) is 0 Å². The maximum absolute atomic E-state index is 4.83. The SMILES string of the molecule is CCCCCCCCCCCCCC(CCCC)c1nccn1C(C)CCCC. The zero-order valence-electron chi connectivity index (χ0n) is 20.4. The number of hydrogen-bond donors (Lipinski definition) is 0. The van der Waals surface area contributed by atoms with Crippen molar-refractivity contribution in [3.05, 3.63) is 18.2 Å². The van der Waals surface area contributed by atoms with Crippen molar-refractivity contribution in [3.8, 4) is 0 Å². The molecule has 0 spiro atoms. The van der Waals surface area contributed by atoms with Gasteiger partial charge in [0.15, 0.2) is 0 Å². The quantitative estimate of drug-likeness (QED) is 0.198. The lowest BCUT2D eigenvalue weighted by molar-refractivity contribution is 0.421. The Morgan fingerprint density at radius 3 is 1.72 bits per heavy atom. The molecule has 2 atom stereocenters. The maximum atomic E-state index is 4.83. The Morgan fingerprint density at radius 2 is 1.14 bits per heavy atom. The molecule has 0 aliphatic carbocycles. The highest BCUT2D eigenvalue weighted by molar-refractivity contribution is 5.02. The van der Waals surface area contributed by atoms with Gasteiger partial charge < -0.3 is 4.57 Å². The molecule has 0 saturated carbocycles. The van der Waals surface area contributed by atoms with Gasteiger partial charge in [-0.1, -0.05) is 117 Å². The molecule has 0 radical (unpaired) electrons. The third-order valence-corrected chi connectivity index (χ3v) is 6.58. The smallest absolute Gasteiger partial charge is 0.111 e. The summed E-state index contributed by atoms with van der Waals surface area (Å²) in [7, 11) is 0. The molecule has 0 amide bonds. The fourth-order valence-corrected chi connectivity index (χ4v) is 4.56. The fraction of sp³-hybridized carbons (Fsp3) is 0.889. The number of rotatable bonds is 20. The maximum Gasteiger partial charge on any atom is 0.111 e. The van der Waals surface area contributed by atoms with E-state index < -0.39 is 0 Å². The van der Waals surface area contributed by atoms with Crippen molar-refractivity contribution in [3.63, 3.8) is 0 Å². The minimum Gasteiger partial charge on any atom is -0.332 e. The first kappa shape index (κ1) is 26.2. The third-order valence-electron chi connectivity index (χ3n) is 6.58. The third kappa shape index (κ3) is 11.8. The van der Waals surface area contributed by atoms with Gasteiger partial charge in [-0.25, -0.2) is 4.98 Å². The van der Waals surface area contributed by atoms with Crippen LogP contribution in [0, 0.1) is 0 Å². The molecular formula is C27H52N2. The number of nitrogens with zero attached hydrogens (tertiary/aromatic N) is 2. The summed E-state index contributed by atoms with van der Waals surface area (Å²) >= 11 is 0. The first-order valence-electron chi connectivity index (χ1n) is 13.3. The topological polar surface area (TPSA) is 17.8 Å². The predicted octanol–water partition coefficient (Wildman–Crippen LogP) is 9.61. The summed E-state index contributed by atoms with van der Waals surface area (Å²) < 4.78 is 2.49. The van der Waals surface area contributed by atoms with E-state index in [9.17, 15) is 0 Å². The summed E-state index contributed by atoms with van der Waals surface area (Å²) in [5, 5.41) is 0. The fourth-order valence-electron chi connectivity index (χ4n) is 4.56. The van der Waals surface area contributed by atoms with E-state index in [0.29, 0.717) is 12.0 Å². The number of unbranched alkanes of at least 4 members (excludes halogenated alkanes) is 12. The van der Waals surface area contributed by atoms with Crippen LogP contribution in [-0.4, -0.2) is 9.55 Å². The van der Waals surface area contributed by atoms with Crippen molar-refractivity contribution in [2.75, 3.05) is 0 Å². The number of imidazole rings is 1. The highest BCUT2D eigenvalue weighted by Crippen LogP contribution is 2.30. The molecule has 2 unspecified atom stereocenters. The molecule has 0 aliphatic rings. The molecule has 0 bridgehead atoms. The average Bonchev–Trinajstić information content (AvgIpc) is 3.22. The Balaban J connectivity index is 2.31. The van der Waals surface area contributed by atoms with E-state index >= 15 is 0 Å². The zero-order valence-corrected chi connectivity index (χ0v) is 20.4.